The molecule has 0 aliphatic heterocycles. The molecule has 0 saturated heterocycles. The summed E-state index contributed by atoms with van der Waals surface area (Å²) in [6.07, 6.45) is 0.476. The van der Waals surface area contributed by atoms with Gasteiger partial charge in [-0.3, -0.25) is 19.1 Å². The summed E-state index contributed by atoms with van der Waals surface area (Å²) in [5, 5.41) is 4.27. The molecule has 1 aromatic carbocycles. The molecule has 29 heavy (non-hydrogen) atoms. The van der Waals surface area contributed by atoms with Crippen molar-refractivity contribution in [2.45, 2.75) is 19.9 Å². The molecule has 0 spiro atoms. The molecule has 0 bridgehead atoms. The number of carbonyl (C=O) groups is 2. The lowest BCUT2D eigenvalue weighted by Crippen LogP contribution is -2.33. The zero-order chi connectivity index (χ0) is 21.0. The number of ether oxygens (including phenoxy) is 1. The van der Waals surface area contributed by atoms with Gasteiger partial charge < -0.3 is 4.74 Å². The zero-order valence-corrected chi connectivity index (χ0v) is 15.4. The van der Waals surface area contributed by atoms with E-state index >= 15 is 0 Å². The first-order chi connectivity index (χ1) is 13.8. The standard InChI is InChI=1S/C19H17FN4O5/c1-12-9-16(24(22-12)13-5-3-2-4-6-13)18(27)29-8-7-14(25)10-23-11-15(20)17(26)21-19(23)28/h2-6,9,11H,7-8,10H2,1H3,(H,21,26,28). The highest BCUT2D eigenvalue weighted by Crippen LogP contribution is 2.13. The Morgan fingerprint density at radius 3 is 2.66 bits per heavy atom. The van der Waals surface area contributed by atoms with Crippen LogP contribution in [0.5, 0.6) is 0 Å². The predicted octanol–water partition coefficient (Wildman–Crippen LogP) is 0.986. The monoisotopic (exact) mass is 400 g/mol. The number of ketones is 1. The summed E-state index contributed by atoms with van der Waals surface area (Å²) in [5.74, 6) is -2.30. The van der Waals surface area contributed by atoms with E-state index in [0.29, 0.717) is 17.6 Å². The van der Waals surface area contributed by atoms with E-state index in [1.54, 1.807) is 30.1 Å². The first-order valence-electron chi connectivity index (χ1n) is 8.65. The normalized spacial score (nSPS) is 10.7. The second-order valence-corrected chi connectivity index (χ2v) is 6.21. The van der Waals surface area contributed by atoms with Crippen molar-refractivity contribution in [3.05, 3.63) is 80.6 Å². The number of esters is 1. The van der Waals surface area contributed by atoms with Crippen molar-refractivity contribution >= 4 is 11.8 Å². The van der Waals surface area contributed by atoms with Crippen molar-refractivity contribution < 1.29 is 18.7 Å². The van der Waals surface area contributed by atoms with Crippen LogP contribution in [0.25, 0.3) is 5.69 Å². The number of aromatic amines is 1. The number of hydrogen-bond donors (Lipinski definition) is 1. The van der Waals surface area contributed by atoms with Crippen LogP contribution in [-0.4, -0.2) is 37.7 Å². The Kier molecular flexibility index (Phi) is 5.82. The molecular formula is C19H17FN4O5. The number of aryl methyl sites for hydroxylation is 1. The Morgan fingerprint density at radius 1 is 1.21 bits per heavy atom. The Bertz CT molecular complexity index is 1160. The van der Waals surface area contributed by atoms with Crippen LogP contribution >= 0.6 is 0 Å². The second kappa shape index (κ2) is 8.46. The molecule has 3 aromatic rings. The van der Waals surface area contributed by atoms with E-state index in [1.165, 1.54) is 4.68 Å². The summed E-state index contributed by atoms with van der Waals surface area (Å²) >= 11 is 0. The maximum atomic E-state index is 13.2. The number of Topliss-reactive ketones (excluding diaryl/α,β-unsaturated/α-hetero) is 1. The molecule has 0 saturated carbocycles. The van der Waals surface area contributed by atoms with Crippen LogP contribution in [0, 0.1) is 12.7 Å². The number of nitrogens with zero attached hydrogens (tertiary/aromatic N) is 3. The molecule has 2 aromatic heterocycles. The third-order valence-corrected chi connectivity index (χ3v) is 3.97. The van der Waals surface area contributed by atoms with Crippen molar-refractivity contribution in [2.75, 3.05) is 6.61 Å². The van der Waals surface area contributed by atoms with Gasteiger partial charge in [-0.2, -0.15) is 9.49 Å². The lowest BCUT2D eigenvalue weighted by atomic mass is 10.3. The van der Waals surface area contributed by atoms with Crippen LogP contribution in [0.4, 0.5) is 4.39 Å². The van der Waals surface area contributed by atoms with E-state index in [2.05, 4.69) is 5.10 Å². The Balaban J connectivity index is 1.61. The van der Waals surface area contributed by atoms with Gasteiger partial charge >= 0.3 is 11.7 Å². The molecule has 0 aliphatic rings. The van der Waals surface area contributed by atoms with E-state index in [-0.39, 0.29) is 18.7 Å². The second-order valence-electron chi connectivity index (χ2n) is 6.21. The topological polar surface area (TPSA) is 116 Å². The van der Waals surface area contributed by atoms with Crippen LogP contribution in [0.1, 0.15) is 22.6 Å². The number of para-hydroxylation sites is 1. The molecule has 9 nitrogen and oxygen atoms in total. The largest absolute Gasteiger partial charge is 0.460 e. The van der Waals surface area contributed by atoms with Crippen molar-refractivity contribution in [3.8, 4) is 5.69 Å². The molecule has 150 valence electrons. The first-order valence-corrected chi connectivity index (χ1v) is 8.65. The fourth-order valence-corrected chi connectivity index (χ4v) is 2.61. The zero-order valence-electron chi connectivity index (χ0n) is 15.4. The van der Waals surface area contributed by atoms with E-state index in [9.17, 15) is 23.6 Å². The molecule has 0 radical (unpaired) electrons. The third kappa shape index (κ3) is 4.72. The maximum absolute atomic E-state index is 13.2. The Hall–Kier alpha value is -3.82. The highest BCUT2D eigenvalue weighted by molar-refractivity contribution is 5.88. The van der Waals surface area contributed by atoms with Gasteiger partial charge in [0.2, 0.25) is 5.82 Å². The maximum Gasteiger partial charge on any atom is 0.357 e. The van der Waals surface area contributed by atoms with Crippen molar-refractivity contribution in [2.24, 2.45) is 0 Å². The van der Waals surface area contributed by atoms with Crippen molar-refractivity contribution in [1.29, 1.82) is 0 Å². The molecular weight excluding hydrogens is 383 g/mol. The van der Waals surface area contributed by atoms with Crippen LogP contribution in [0.15, 0.2) is 52.2 Å². The van der Waals surface area contributed by atoms with Gasteiger partial charge in [0.15, 0.2) is 11.5 Å². The molecule has 2 heterocycles. The highest BCUT2D eigenvalue weighted by atomic mass is 19.1. The SMILES string of the molecule is Cc1cc(C(=O)OCCC(=O)Cn2cc(F)c(=O)[nH]c2=O)n(-c2ccccc2)n1. The van der Waals surface area contributed by atoms with Crippen LogP contribution in [-0.2, 0) is 16.1 Å². The van der Waals surface area contributed by atoms with Crippen molar-refractivity contribution in [3.63, 3.8) is 0 Å². The number of H-pyrrole nitrogens is 1. The minimum atomic E-state index is -1.17. The third-order valence-electron chi connectivity index (χ3n) is 3.97. The van der Waals surface area contributed by atoms with E-state index in [0.717, 1.165) is 4.57 Å². The quantitative estimate of drug-likeness (QED) is 0.591. The summed E-state index contributed by atoms with van der Waals surface area (Å²) in [7, 11) is 0. The molecule has 0 unspecified atom stereocenters. The number of halogens is 1. The van der Waals surface area contributed by atoms with Crippen LogP contribution in [0.3, 0.4) is 0 Å². The van der Waals surface area contributed by atoms with Gasteiger partial charge in [0, 0.05) is 6.42 Å². The smallest absolute Gasteiger partial charge is 0.357 e. The van der Waals surface area contributed by atoms with E-state index in [1.807, 2.05) is 18.2 Å². The number of rotatable bonds is 7. The molecule has 1 N–H and O–H groups in total. The van der Waals surface area contributed by atoms with Gasteiger partial charge in [-0.25, -0.2) is 14.3 Å². The Labute approximate surface area is 163 Å². The summed E-state index contributed by atoms with van der Waals surface area (Å²) < 4.78 is 20.6. The van der Waals surface area contributed by atoms with Crippen molar-refractivity contribution in [1.82, 2.24) is 19.3 Å². The molecule has 0 fully saturated rings. The average Bonchev–Trinajstić information content (AvgIpc) is 3.08. The molecule has 0 atom stereocenters. The summed E-state index contributed by atoms with van der Waals surface area (Å²) in [4.78, 5) is 48.7. The Morgan fingerprint density at radius 2 is 1.93 bits per heavy atom. The van der Waals surface area contributed by atoms with E-state index in [4.69, 9.17) is 4.74 Å². The number of hydrogen-bond acceptors (Lipinski definition) is 6. The summed E-state index contributed by atoms with van der Waals surface area (Å²) in [5.41, 5.74) is -0.540. The summed E-state index contributed by atoms with van der Waals surface area (Å²) in [6.45, 7) is 1.06. The first kappa shape index (κ1) is 19.9. The highest BCUT2D eigenvalue weighted by Gasteiger charge is 2.17. The molecule has 0 amide bonds. The molecule has 10 heteroatoms. The minimum Gasteiger partial charge on any atom is -0.460 e. The summed E-state index contributed by atoms with van der Waals surface area (Å²) in [6, 6.07) is 10.6. The molecule has 0 aliphatic carbocycles. The van der Waals surface area contributed by atoms with Gasteiger partial charge in [-0.05, 0) is 25.1 Å². The number of benzene rings is 1. The average molecular weight is 400 g/mol. The lowest BCUT2D eigenvalue weighted by Gasteiger charge is -2.08. The van der Waals surface area contributed by atoms with Crippen LogP contribution in [0.2, 0.25) is 0 Å². The predicted molar refractivity (Wildman–Crippen MR) is 99.5 cm³/mol. The van der Waals surface area contributed by atoms with Gasteiger partial charge in [0.25, 0.3) is 5.56 Å². The van der Waals surface area contributed by atoms with Crippen LogP contribution < -0.4 is 11.2 Å². The number of nitrogens with one attached hydrogen (secondary N) is 1. The number of carbonyl (C=O) groups excluding carboxylic acids is 2. The van der Waals surface area contributed by atoms with E-state index < -0.39 is 35.4 Å². The lowest BCUT2D eigenvalue weighted by molar-refractivity contribution is -0.120. The van der Waals surface area contributed by atoms with Gasteiger partial charge in [-0.15, -0.1) is 0 Å². The van der Waals surface area contributed by atoms with Gasteiger partial charge in [0.05, 0.1) is 30.7 Å². The fourth-order valence-electron chi connectivity index (χ4n) is 2.61. The van der Waals surface area contributed by atoms with Gasteiger partial charge in [0.1, 0.15) is 0 Å². The molecule has 3 rings (SSSR count). The fraction of sp³-hybridized carbons (Fsp3) is 0.211. The minimum absolute atomic E-state index is 0.183. The number of aromatic nitrogens is 4. The van der Waals surface area contributed by atoms with Gasteiger partial charge in [-0.1, -0.05) is 18.2 Å².